The lowest BCUT2D eigenvalue weighted by atomic mass is 10.1. The highest BCUT2D eigenvalue weighted by molar-refractivity contribution is 7.14. The van der Waals surface area contributed by atoms with Crippen molar-refractivity contribution in [1.82, 2.24) is 4.98 Å². The number of carbonyl (C=O) groups excluding carboxylic acids is 2. The first-order valence-corrected chi connectivity index (χ1v) is 9.86. The number of nitrogens with zero attached hydrogens (tertiary/aromatic N) is 3. The quantitative estimate of drug-likeness (QED) is 0.389. The lowest BCUT2D eigenvalue weighted by Gasteiger charge is -2.24. The van der Waals surface area contributed by atoms with Crippen LogP contribution in [0.3, 0.4) is 0 Å². The summed E-state index contributed by atoms with van der Waals surface area (Å²) in [5.41, 5.74) is -2.38. The Morgan fingerprint density at radius 2 is 1.80 bits per heavy atom. The van der Waals surface area contributed by atoms with Crippen molar-refractivity contribution in [1.29, 1.82) is 0 Å². The number of thiazole rings is 1. The molecule has 0 N–H and O–H groups in total. The molecule has 1 aromatic heterocycles. The van der Waals surface area contributed by atoms with Gasteiger partial charge >= 0.3 is 6.18 Å². The second-order valence-corrected chi connectivity index (χ2v) is 8.57. The molecule has 7 nitrogen and oxygen atoms in total. The Hall–Kier alpha value is -2.24. The molecule has 0 aliphatic heterocycles. The van der Waals surface area contributed by atoms with Crippen molar-refractivity contribution in [3.8, 4) is 0 Å². The molecule has 1 aromatic carbocycles. The Morgan fingerprint density at radius 1 is 1.27 bits per heavy atom. The van der Waals surface area contributed by atoms with Gasteiger partial charge < -0.3 is 0 Å². The van der Waals surface area contributed by atoms with Gasteiger partial charge in [0.2, 0.25) is 5.91 Å². The SMILES string of the molecule is Cc1nc(C(F)(F)F)c(C(=O)N(C(=O)CC(C)C)c2c(Cl)cc([N+](=O)[O-])cc2Cl)s1. The highest BCUT2D eigenvalue weighted by Gasteiger charge is 2.42. The highest BCUT2D eigenvalue weighted by Crippen LogP contribution is 2.41. The van der Waals surface area contributed by atoms with Crippen LogP contribution in [0.4, 0.5) is 24.5 Å². The summed E-state index contributed by atoms with van der Waals surface area (Å²) in [4.78, 5) is 39.1. The summed E-state index contributed by atoms with van der Waals surface area (Å²) >= 11 is 12.6. The Kier molecular flexibility index (Phi) is 7.10. The molecule has 0 bridgehead atoms. The Bertz CT molecular complexity index is 1000. The topological polar surface area (TPSA) is 93.4 Å². The van der Waals surface area contributed by atoms with Gasteiger partial charge in [0.1, 0.15) is 4.88 Å². The van der Waals surface area contributed by atoms with Crippen molar-refractivity contribution >= 4 is 57.7 Å². The maximum atomic E-state index is 13.4. The van der Waals surface area contributed by atoms with Crippen LogP contribution < -0.4 is 4.90 Å². The van der Waals surface area contributed by atoms with E-state index in [1.807, 2.05) is 0 Å². The first-order chi connectivity index (χ1) is 13.7. The number of nitro benzene ring substituents is 1. The van der Waals surface area contributed by atoms with Crippen LogP contribution in [0.1, 0.15) is 40.6 Å². The number of halogens is 5. The van der Waals surface area contributed by atoms with E-state index >= 15 is 0 Å². The molecule has 0 aliphatic carbocycles. The summed E-state index contributed by atoms with van der Waals surface area (Å²) in [7, 11) is 0. The zero-order valence-electron chi connectivity index (χ0n) is 15.7. The third kappa shape index (κ3) is 5.08. The number of imide groups is 1. The van der Waals surface area contributed by atoms with Gasteiger partial charge in [-0.2, -0.15) is 13.2 Å². The van der Waals surface area contributed by atoms with Gasteiger partial charge in [0, 0.05) is 18.6 Å². The fourth-order valence-corrected chi connectivity index (χ4v) is 4.03. The summed E-state index contributed by atoms with van der Waals surface area (Å²) in [5.74, 6) is -2.45. The summed E-state index contributed by atoms with van der Waals surface area (Å²) in [6.45, 7) is 4.61. The van der Waals surface area contributed by atoms with E-state index < -0.39 is 54.9 Å². The van der Waals surface area contributed by atoms with E-state index in [-0.39, 0.29) is 17.3 Å². The van der Waals surface area contributed by atoms with Crippen LogP contribution in [0.5, 0.6) is 0 Å². The van der Waals surface area contributed by atoms with Gasteiger partial charge in [0.25, 0.3) is 11.6 Å². The minimum absolute atomic E-state index is 0.0390. The van der Waals surface area contributed by atoms with Gasteiger partial charge in [-0.15, -0.1) is 11.3 Å². The first-order valence-electron chi connectivity index (χ1n) is 8.29. The molecule has 2 amide bonds. The average Bonchev–Trinajstić information content (AvgIpc) is 2.98. The molecule has 2 aromatic rings. The maximum Gasteiger partial charge on any atom is 0.435 e. The summed E-state index contributed by atoms with van der Waals surface area (Å²) in [5, 5.41) is 10.1. The number of alkyl halides is 3. The fraction of sp³-hybridized carbons (Fsp3) is 0.353. The molecule has 0 spiro atoms. The number of benzene rings is 1. The van der Waals surface area contributed by atoms with E-state index in [1.54, 1.807) is 13.8 Å². The molecule has 30 heavy (non-hydrogen) atoms. The van der Waals surface area contributed by atoms with Crippen LogP contribution in [0.2, 0.25) is 10.0 Å². The van der Waals surface area contributed by atoms with Crippen LogP contribution in [-0.2, 0) is 11.0 Å². The summed E-state index contributed by atoms with van der Waals surface area (Å²) in [6, 6.07) is 1.71. The number of non-ortho nitro benzene ring substituents is 1. The molecular formula is C17H14Cl2F3N3O4S. The number of aryl methyl sites for hydroxylation is 1. The zero-order valence-corrected chi connectivity index (χ0v) is 18.0. The maximum absolute atomic E-state index is 13.4. The van der Waals surface area contributed by atoms with Crippen molar-refractivity contribution in [2.24, 2.45) is 5.92 Å². The number of aromatic nitrogens is 1. The van der Waals surface area contributed by atoms with Gasteiger partial charge in [-0.1, -0.05) is 37.0 Å². The molecular weight excluding hydrogens is 470 g/mol. The second kappa shape index (κ2) is 8.86. The molecule has 13 heteroatoms. The van der Waals surface area contributed by atoms with Crippen molar-refractivity contribution < 1.29 is 27.7 Å². The Balaban J connectivity index is 2.71. The number of anilines is 1. The minimum atomic E-state index is -4.94. The van der Waals surface area contributed by atoms with Gasteiger partial charge in [-0.25, -0.2) is 9.88 Å². The van der Waals surface area contributed by atoms with E-state index in [9.17, 15) is 32.9 Å². The smallest absolute Gasteiger partial charge is 0.274 e. The normalized spacial score (nSPS) is 11.6. The van der Waals surface area contributed by atoms with E-state index in [0.29, 0.717) is 16.2 Å². The molecule has 2 rings (SSSR count). The lowest BCUT2D eigenvalue weighted by molar-refractivity contribution is -0.384. The first kappa shape index (κ1) is 24.0. The van der Waals surface area contributed by atoms with E-state index in [4.69, 9.17) is 23.2 Å². The summed E-state index contributed by atoms with van der Waals surface area (Å²) < 4.78 is 40.1. The van der Waals surface area contributed by atoms with Gasteiger partial charge in [-0.05, 0) is 12.8 Å². The van der Waals surface area contributed by atoms with Crippen molar-refractivity contribution in [3.63, 3.8) is 0 Å². The molecule has 0 saturated carbocycles. The minimum Gasteiger partial charge on any atom is -0.274 e. The number of amides is 2. The molecule has 0 aliphatic rings. The molecule has 0 atom stereocenters. The van der Waals surface area contributed by atoms with Crippen LogP contribution in [0.15, 0.2) is 12.1 Å². The fourth-order valence-electron chi connectivity index (χ4n) is 2.52. The highest BCUT2D eigenvalue weighted by atomic mass is 35.5. The molecule has 0 unspecified atom stereocenters. The third-order valence-electron chi connectivity index (χ3n) is 3.67. The lowest BCUT2D eigenvalue weighted by Crippen LogP contribution is -2.38. The van der Waals surface area contributed by atoms with E-state index in [2.05, 4.69) is 4.98 Å². The molecule has 0 radical (unpaired) electrons. The number of hydrogen-bond donors (Lipinski definition) is 0. The van der Waals surface area contributed by atoms with E-state index in [1.165, 1.54) is 6.92 Å². The average molecular weight is 484 g/mol. The Morgan fingerprint density at radius 3 is 2.23 bits per heavy atom. The van der Waals surface area contributed by atoms with Crippen molar-refractivity contribution in [2.75, 3.05) is 4.90 Å². The van der Waals surface area contributed by atoms with E-state index in [0.717, 1.165) is 12.1 Å². The monoisotopic (exact) mass is 483 g/mol. The van der Waals surface area contributed by atoms with Crippen LogP contribution >= 0.6 is 34.5 Å². The number of nitro groups is 1. The predicted octanol–water partition coefficient (Wildman–Crippen LogP) is 5.90. The van der Waals surface area contributed by atoms with Gasteiger partial charge in [0.15, 0.2) is 5.69 Å². The summed E-state index contributed by atoms with van der Waals surface area (Å²) in [6.07, 6.45) is -5.15. The molecule has 1 heterocycles. The predicted molar refractivity (Wildman–Crippen MR) is 106 cm³/mol. The van der Waals surface area contributed by atoms with Crippen molar-refractivity contribution in [2.45, 2.75) is 33.4 Å². The van der Waals surface area contributed by atoms with Gasteiger partial charge in [0.05, 0.1) is 25.7 Å². The van der Waals surface area contributed by atoms with Gasteiger partial charge in [-0.3, -0.25) is 19.7 Å². The van der Waals surface area contributed by atoms with Crippen LogP contribution in [-0.4, -0.2) is 21.7 Å². The second-order valence-electron chi connectivity index (χ2n) is 6.56. The zero-order chi connectivity index (χ0) is 23.0. The Labute approximate surface area is 182 Å². The largest absolute Gasteiger partial charge is 0.435 e. The molecule has 0 fully saturated rings. The van der Waals surface area contributed by atoms with Crippen LogP contribution in [0, 0.1) is 23.0 Å². The van der Waals surface area contributed by atoms with Crippen molar-refractivity contribution in [3.05, 3.63) is 47.9 Å². The number of hydrogen-bond acceptors (Lipinski definition) is 6. The number of rotatable bonds is 5. The molecule has 162 valence electrons. The van der Waals surface area contributed by atoms with Crippen LogP contribution in [0.25, 0.3) is 0 Å². The standard InChI is InChI=1S/C17H14Cl2F3N3O4S/c1-7(2)4-12(26)24(13-10(18)5-9(25(28)29)6-11(13)19)16(27)14-15(17(20,21)22)23-8(3)30-14/h5-7H,4H2,1-3H3. The number of carbonyl (C=O) groups is 2. The third-order valence-corrected chi connectivity index (χ3v) is 5.20. The molecule has 0 saturated heterocycles.